The molecule has 1 saturated heterocycles. The minimum Gasteiger partial charge on any atom is -0.467 e. The Balaban J connectivity index is 2.06. The molecule has 21 heavy (non-hydrogen) atoms. The summed E-state index contributed by atoms with van der Waals surface area (Å²) < 4.78 is 11.0. The van der Waals surface area contributed by atoms with Gasteiger partial charge in [-0.05, 0) is 24.5 Å². The van der Waals surface area contributed by atoms with E-state index < -0.39 is 18.1 Å². The molecule has 114 valence electrons. The van der Waals surface area contributed by atoms with Gasteiger partial charge in [0.1, 0.15) is 12.1 Å². The van der Waals surface area contributed by atoms with Crippen LogP contribution in [-0.2, 0) is 25.5 Å². The van der Waals surface area contributed by atoms with E-state index >= 15 is 0 Å². The molecule has 1 aliphatic heterocycles. The molecular weight excluding hydrogens is 338 g/mol. The van der Waals surface area contributed by atoms with E-state index in [0.29, 0.717) is 19.4 Å². The number of carbonyl (C=O) groups excluding carboxylic acids is 2. The Hall–Kier alpha value is -1.40. The van der Waals surface area contributed by atoms with Crippen LogP contribution in [0.2, 0.25) is 0 Å². The van der Waals surface area contributed by atoms with Crippen LogP contribution in [0.1, 0.15) is 18.4 Å². The highest BCUT2D eigenvalue weighted by Crippen LogP contribution is 2.18. The van der Waals surface area contributed by atoms with Crippen molar-refractivity contribution in [1.82, 2.24) is 5.32 Å². The summed E-state index contributed by atoms with van der Waals surface area (Å²) >= 11 is 3.44. The normalized spacial score (nSPS) is 19.0. The molecule has 0 saturated carbocycles. The SMILES string of the molecule is COC(=O)[C@H](Cc1ccccc1Br)NC(=O)[C@H]1CCCO1. The van der Waals surface area contributed by atoms with Crippen LogP contribution in [0.4, 0.5) is 0 Å². The standard InChI is InChI=1S/C15H18BrNO4/c1-20-15(19)12(9-10-5-2-3-6-11(10)16)17-14(18)13-7-4-8-21-13/h2-3,5-6,12-13H,4,7-9H2,1H3,(H,17,18)/t12-,13+/m0/s1. The summed E-state index contributed by atoms with van der Waals surface area (Å²) in [5, 5.41) is 2.73. The maximum absolute atomic E-state index is 12.1. The van der Waals surface area contributed by atoms with Gasteiger partial charge in [0.05, 0.1) is 7.11 Å². The van der Waals surface area contributed by atoms with Crippen molar-refractivity contribution in [2.24, 2.45) is 0 Å². The van der Waals surface area contributed by atoms with Crippen LogP contribution in [0.5, 0.6) is 0 Å². The first kappa shape index (κ1) is 16.0. The Bertz CT molecular complexity index is 514. The highest BCUT2D eigenvalue weighted by atomic mass is 79.9. The number of benzene rings is 1. The van der Waals surface area contributed by atoms with Gasteiger partial charge in [-0.1, -0.05) is 34.1 Å². The summed E-state index contributed by atoms with van der Waals surface area (Å²) in [5.74, 6) is -0.716. The van der Waals surface area contributed by atoms with E-state index in [1.54, 1.807) is 0 Å². The fourth-order valence-electron chi connectivity index (χ4n) is 2.27. The number of halogens is 1. The van der Waals surface area contributed by atoms with E-state index in [-0.39, 0.29) is 5.91 Å². The largest absolute Gasteiger partial charge is 0.467 e. The average Bonchev–Trinajstić information content (AvgIpc) is 3.02. The van der Waals surface area contributed by atoms with Crippen LogP contribution < -0.4 is 5.32 Å². The smallest absolute Gasteiger partial charge is 0.328 e. The molecule has 2 rings (SSSR count). The number of esters is 1. The molecule has 1 N–H and O–H groups in total. The predicted molar refractivity (Wildman–Crippen MR) is 80.8 cm³/mol. The molecule has 1 amide bonds. The van der Waals surface area contributed by atoms with Gasteiger partial charge >= 0.3 is 5.97 Å². The van der Waals surface area contributed by atoms with Crippen molar-refractivity contribution in [3.05, 3.63) is 34.3 Å². The number of rotatable bonds is 5. The first-order valence-electron chi connectivity index (χ1n) is 6.85. The fourth-order valence-corrected chi connectivity index (χ4v) is 2.72. The molecule has 0 radical (unpaired) electrons. The third-order valence-corrected chi connectivity index (χ3v) is 4.18. The zero-order chi connectivity index (χ0) is 15.2. The quantitative estimate of drug-likeness (QED) is 0.818. The molecule has 1 aromatic carbocycles. The van der Waals surface area contributed by atoms with Crippen molar-refractivity contribution in [1.29, 1.82) is 0 Å². The Morgan fingerprint density at radius 2 is 2.24 bits per heavy atom. The molecule has 0 aliphatic carbocycles. The number of hydrogen-bond donors (Lipinski definition) is 1. The van der Waals surface area contributed by atoms with Gasteiger partial charge in [0, 0.05) is 17.5 Å². The van der Waals surface area contributed by atoms with Crippen molar-refractivity contribution < 1.29 is 19.1 Å². The van der Waals surface area contributed by atoms with Crippen LogP contribution in [0, 0.1) is 0 Å². The van der Waals surface area contributed by atoms with Crippen molar-refractivity contribution in [3.63, 3.8) is 0 Å². The Kier molecular flexibility index (Phi) is 5.76. The molecular formula is C15H18BrNO4. The molecule has 1 heterocycles. The van der Waals surface area contributed by atoms with Gasteiger partial charge in [0.15, 0.2) is 0 Å². The monoisotopic (exact) mass is 355 g/mol. The Labute approximate surface area is 132 Å². The van der Waals surface area contributed by atoms with Crippen molar-refractivity contribution in [2.45, 2.75) is 31.4 Å². The number of amides is 1. The zero-order valence-corrected chi connectivity index (χ0v) is 13.4. The fraction of sp³-hybridized carbons (Fsp3) is 0.467. The average molecular weight is 356 g/mol. The minimum atomic E-state index is -0.717. The van der Waals surface area contributed by atoms with Crippen LogP contribution in [-0.4, -0.2) is 37.7 Å². The predicted octanol–water partition coefficient (Wildman–Crippen LogP) is 1.83. The first-order chi connectivity index (χ1) is 10.1. The molecule has 0 bridgehead atoms. The number of carbonyl (C=O) groups is 2. The summed E-state index contributed by atoms with van der Waals surface area (Å²) in [6.45, 7) is 0.589. The maximum Gasteiger partial charge on any atom is 0.328 e. The molecule has 2 atom stereocenters. The first-order valence-corrected chi connectivity index (χ1v) is 7.64. The molecule has 0 unspecified atom stereocenters. The topological polar surface area (TPSA) is 64.6 Å². The van der Waals surface area contributed by atoms with Crippen molar-refractivity contribution in [2.75, 3.05) is 13.7 Å². The van der Waals surface area contributed by atoms with E-state index in [9.17, 15) is 9.59 Å². The van der Waals surface area contributed by atoms with Gasteiger partial charge in [-0.25, -0.2) is 4.79 Å². The van der Waals surface area contributed by atoms with Crippen molar-refractivity contribution >= 4 is 27.8 Å². The zero-order valence-electron chi connectivity index (χ0n) is 11.8. The Morgan fingerprint density at radius 3 is 2.86 bits per heavy atom. The molecule has 1 aliphatic rings. The van der Waals surface area contributed by atoms with E-state index in [1.165, 1.54) is 7.11 Å². The van der Waals surface area contributed by atoms with Crippen LogP contribution in [0.3, 0.4) is 0 Å². The molecule has 5 nitrogen and oxygen atoms in total. The van der Waals surface area contributed by atoms with E-state index in [0.717, 1.165) is 16.5 Å². The molecule has 1 fully saturated rings. The van der Waals surface area contributed by atoms with Gasteiger partial charge in [-0.3, -0.25) is 4.79 Å². The van der Waals surface area contributed by atoms with Crippen LogP contribution in [0.15, 0.2) is 28.7 Å². The van der Waals surface area contributed by atoms with Crippen LogP contribution >= 0.6 is 15.9 Å². The number of nitrogens with one attached hydrogen (secondary N) is 1. The lowest BCUT2D eigenvalue weighted by molar-refractivity contribution is -0.146. The second-order valence-electron chi connectivity index (χ2n) is 4.88. The van der Waals surface area contributed by atoms with Gasteiger partial charge in [0.2, 0.25) is 5.91 Å². The summed E-state index contributed by atoms with van der Waals surface area (Å²) in [5.41, 5.74) is 0.931. The van der Waals surface area contributed by atoms with Crippen molar-refractivity contribution in [3.8, 4) is 0 Å². The molecule has 1 aromatic rings. The summed E-state index contributed by atoms with van der Waals surface area (Å²) in [6.07, 6.45) is 1.46. The number of ether oxygens (including phenoxy) is 2. The summed E-state index contributed by atoms with van der Waals surface area (Å²) in [7, 11) is 1.31. The minimum absolute atomic E-state index is 0.255. The molecule has 0 aromatic heterocycles. The van der Waals surface area contributed by atoms with Gasteiger partial charge in [-0.2, -0.15) is 0 Å². The Morgan fingerprint density at radius 1 is 1.48 bits per heavy atom. The second-order valence-corrected chi connectivity index (χ2v) is 5.74. The maximum atomic E-state index is 12.1. The lowest BCUT2D eigenvalue weighted by atomic mass is 10.1. The lowest BCUT2D eigenvalue weighted by Crippen LogP contribution is -2.47. The molecule has 0 spiro atoms. The van der Waals surface area contributed by atoms with Gasteiger partial charge in [-0.15, -0.1) is 0 Å². The second kappa shape index (κ2) is 7.56. The van der Waals surface area contributed by atoms with Gasteiger partial charge in [0.25, 0.3) is 0 Å². The highest BCUT2D eigenvalue weighted by Gasteiger charge is 2.29. The van der Waals surface area contributed by atoms with E-state index in [4.69, 9.17) is 9.47 Å². The highest BCUT2D eigenvalue weighted by molar-refractivity contribution is 9.10. The third kappa shape index (κ3) is 4.28. The summed E-state index contributed by atoms with van der Waals surface area (Å²) in [4.78, 5) is 24.0. The van der Waals surface area contributed by atoms with Gasteiger partial charge < -0.3 is 14.8 Å². The van der Waals surface area contributed by atoms with E-state index in [1.807, 2.05) is 24.3 Å². The van der Waals surface area contributed by atoms with E-state index in [2.05, 4.69) is 21.2 Å². The third-order valence-electron chi connectivity index (χ3n) is 3.41. The van der Waals surface area contributed by atoms with Crippen LogP contribution in [0.25, 0.3) is 0 Å². The summed E-state index contributed by atoms with van der Waals surface area (Å²) in [6, 6.07) is 6.86. The lowest BCUT2D eigenvalue weighted by Gasteiger charge is -2.19. The molecule has 6 heteroatoms. The number of hydrogen-bond acceptors (Lipinski definition) is 4. The number of methoxy groups -OCH3 is 1.